The average molecular weight is 272 g/mol. The Morgan fingerprint density at radius 3 is 2.70 bits per heavy atom. The summed E-state index contributed by atoms with van der Waals surface area (Å²) >= 11 is 0. The van der Waals surface area contributed by atoms with Crippen molar-refractivity contribution in [2.45, 2.75) is 6.54 Å². The summed E-state index contributed by atoms with van der Waals surface area (Å²) in [5.41, 5.74) is -0.345. The SMILES string of the molecule is C#CCn1c(=O)c2cc(C(=O)OC)ccc2n(C)c1=O. The second-order valence-corrected chi connectivity index (χ2v) is 4.16. The second-order valence-electron chi connectivity index (χ2n) is 4.16. The van der Waals surface area contributed by atoms with E-state index in [1.54, 1.807) is 0 Å². The summed E-state index contributed by atoms with van der Waals surface area (Å²) < 4.78 is 6.87. The maximum atomic E-state index is 12.3. The topological polar surface area (TPSA) is 70.3 Å². The van der Waals surface area contributed by atoms with Gasteiger partial charge in [-0.1, -0.05) is 5.92 Å². The number of hydrogen-bond acceptors (Lipinski definition) is 4. The van der Waals surface area contributed by atoms with Gasteiger partial charge in [0.2, 0.25) is 0 Å². The predicted octanol–water partition coefficient (Wildman–Crippen LogP) is 0.120. The van der Waals surface area contributed by atoms with Gasteiger partial charge in [-0.3, -0.25) is 9.36 Å². The number of methoxy groups -OCH3 is 1. The van der Waals surface area contributed by atoms with Gasteiger partial charge in [0, 0.05) is 7.05 Å². The molecule has 0 N–H and O–H groups in total. The number of benzene rings is 1. The van der Waals surface area contributed by atoms with Crippen LogP contribution in [0.1, 0.15) is 10.4 Å². The van der Waals surface area contributed by atoms with Crippen LogP contribution in [0.15, 0.2) is 27.8 Å². The van der Waals surface area contributed by atoms with Gasteiger partial charge in [0.15, 0.2) is 0 Å². The van der Waals surface area contributed by atoms with Crippen molar-refractivity contribution in [3.63, 3.8) is 0 Å². The van der Waals surface area contributed by atoms with E-state index < -0.39 is 17.2 Å². The van der Waals surface area contributed by atoms with Crippen LogP contribution >= 0.6 is 0 Å². The number of ether oxygens (including phenoxy) is 1. The van der Waals surface area contributed by atoms with Crippen molar-refractivity contribution in [2.24, 2.45) is 7.05 Å². The predicted molar refractivity (Wildman–Crippen MR) is 73.6 cm³/mol. The molecule has 0 saturated carbocycles. The molecule has 0 aliphatic heterocycles. The lowest BCUT2D eigenvalue weighted by Crippen LogP contribution is -2.38. The van der Waals surface area contributed by atoms with Gasteiger partial charge < -0.3 is 4.74 Å². The van der Waals surface area contributed by atoms with Crippen molar-refractivity contribution in [2.75, 3.05) is 7.11 Å². The van der Waals surface area contributed by atoms with Crippen LogP contribution in [0.25, 0.3) is 10.9 Å². The summed E-state index contributed by atoms with van der Waals surface area (Å²) in [4.78, 5) is 35.8. The highest BCUT2D eigenvalue weighted by molar-refractivity contribution is 5.94. The summed E-state index contributed by atoms with van der Waals surface area (Å²) in [6.45, 7) is -0.121. The minimum atomic E-state index is -0.552. The number of nitrogens with zero attached hydrogens (tertiary/aromatic N) is 2. The Hall–Kier alpha value is -2.81. The molecule has 0 spiro atoms. The van der Waals surface area contributed by atoms with Crippen molar-refractivity contribution in [3.05, 3.63) is 44.6 Å². The largest absolute Gasteiger partial charge is 0.465 e. The fraction of sp³-hybridized carbons (Fsp3) is 0.214. The van der Waals surface area contributed by atoms with E-state index in [-0.39, 0.29) is 17.5 Å². The van der Waals surface area contributed by atoms with Gasteiger partial charge in [0.1, 0.15) is 0 Å². The number of aryl methyl sites for hydroxylation is 1. The van der Waals surface area contributed by atoms with E-state index in [2.05, 4.69) is 10.7 Å². The zero-order chi connectivity index (χ0) is 14.9. The first-order chi connectivity index (χ1) is 9.51. The maximum Gasteiger partial charge on any atom is 0.337 e. The van der Waals surface area contributed by atoms with Gasteiger partial charge in [0.25, 0.3) is 5.56 Å². The molecule has 0 saturated heterocycles. The van der Waals surface area contributed by atoms with Crippen LogP contribution < -0.4 is 11.2 Å². The van der Waals surface area contributed by atoms with E-state index >= 15 is 0 Å². The van der Waals surface area contributed by atoms with Crippen LogP contribution in [0, 0.1) is 12.3 Å². The van der Waals surface area contributed by atoms with E-state index in [1.807, 2.05) is 0 Å². The second kappa shape index (κ2) is 5.05. The Bertz CT molecular complexity index is 852. The molecule has 0 aliphatic rings. The van der Waals surface area contributed by atoms with Crippen molar-refractivity contribution in [1.29, 1.82) is 0 Å². The first-order valence-electron chi connectivity index (χ1n) is 5.76. The Labute approximate surface area is 114 Å². The van der Waals surface area contributed by atoms with Gasteiger partial charge in [-0.25, -0.2) is 14.2 Å². The molecule has 20 heavy (non-hydrogen) atoms. The lowest BCUT2D eigenvalue weighted by molar-refractivity contribution is 0.0601. The maximum absolute atomic E-state index is 12.3. The van der Waals surface area contributed by atoms with E-state index in [1.165, 1.54) is 36.9 Å². The monoisotopic (exact) mass is 272 g/mol. The molecule has 6 nitrogen and oxygen atoms in total. The van der Waals surface area contributed by atoms with Crippen LogP contribution in [-0.4, -0.2) is 22.2 Å². The number of esters is 1. The first kappa shape index (κ1) is 13.6. The third-order valence-corrected chi connectivity index (χ3v) is 3.02. The highest BCUT2D eigenvalue weighted by Gasteiger charge is 2.13. The zero-order valence-corrected chi connectivity index (χ0v) is 11.0. The number of hydrogen-bond donors (Lipinski definition) is 0. The van der Waals surface area contributed by atoms with Crippen molar-refractivity contribution in [3.8, 4) is 12.3 Å². The molecule has 6 heteroatoms. The Balaban J connectivity index is 2.89. The fourth-order valence-corrected chi connectivity index (χ4v) is 1.99. The lowest BCUT2D eigenvalue weighted by atomic mass is 10.1. The van der Waals surface area contributed by atoms with Gasteiger partial charge in [-0.2, -0.15) is 0 Å². The van der Waals surface area contributed by atoms with Crippen LogP contribution in [0.2, 0.25) is 0 Å². The van der Waals surface area contributed by atoms with Gasteiger partial charge in [-0.05, 0) is 18.2 Å². The third-order valence-electron chi connectivity index (χ3n) is 3.02. The van der Waals surface area contributed by atoms with Gasteiger partial charge >= 0.3 is 11.7 Å². The summed E-state index contributed by atoms with van der Waals surface area (Å²) in [6, 6.07) is 4.43. The minimum Gasteiger partial charge on any atom is -0.465 e. The minimum absolute atomic E-state index is 0.121. The van der Waals surface area contributed by atoms with Crippen molar-refractivity contribution in [1.82, 2.24) is 9.13 Å². The van der Waals surface area contributed by atoms with Crippen molar-refractivity contribution < 1.29 is 9.53 Å². The molecule has 0 aliphatic carbocycles. The molecule has 1 heterocycles. The number of aromatic nitrogens is 2. The highest BCUT2D eigenvalue weighted by atomic mass is 16.5. The molecule has 1 aromatic heterocycles. The summed E-state index contributed by atoms with van der Waals surface area (Å²) in [5.74, 6) is 1.71. The molecule has 0 atom stereocenters. The standard InChI is InChI=1S/C14H12N2O4/c1-4-7-16-12(17)10-8-9(13(18)20-3)5-6-11(10)15(2)14(16)19/h1,5-6,8H,7H2,2-3H3. The first-order valence-corrected chi connectivity index (χ1v) is 5.76. The van der Waals surface area contributed by atoms with Crippen LogP contribution in [-0.2, 0) is 18.3 Å². The molecule has 1 aromatic carbocycles. The average Bonchev–Trinajstić information content (AvgIpc) is 2.48. The molecule has 2 rings (SSSR count). The van der Waals surface area contributed by atoms with E-state index in [4.69, 9.17) is 6.42 Å². The third kappa shape index (κ3) is 1.99. The Kier molecular flexibility index (Phi) is 3.44. The zero-order valence-electron chi connectivity index (χ0n) is 11.0. The van der Waals surface area contributed by atoms with Gasteiger partial charge in [0.05, 0.1) is 30.1 Å². The molecule has 0 fully saturated rings. The molecule has 2 aromatic rings. The summed E-state index contributed by atoms with van der Waals surface area (Å²) in [6.07, 6.45) is 5.16. The number of rotatable bonds is 2. The quantitative estimate of drug-likeness (QED) is 0.575. The molecule has 0 radical (unpaired) electrons. The molecule has 0 unspecified atom stereocenters. The van der Waals surface area contributed by atoms with Crippen LogP contribution in [0.4, 0.5) is 0 Å². The molecule has 102 valence electrons. The lowest BCUT2D eigenvalue weighted by Gasteiger charge is -2.09. The molecular formula is C14H12N2O4. The normalized spacial score (nSPS) is 10.2. The van der Waals surface area contributed by atoms with Gasteiger partial charge in [-0.15, -0.1) is 6.42 Å². The number of fused-ring (bicyclic) bond motifs is 1. The van der Waals surface area contributed by atoms with Crippen LogP contribution in [0.3, 0.4) is 0 Å². The molecular weight excluding hydrogens is 260 g/mol. The van der Waals surface area contributed by atoms with Crippen LogP contribution in [0.5, 0.6) is 0 Å². The van der Waals surface area contributed by atoms with E-state index in [0.717, 1.165) is 4.57 Å². The Morgan fingerprint density at radius 1 is 1.40 bits per heavy atom. The summed E-state index contributed by atoms with van der Waals surface area (Å²) in [7, 11) is 2.79. The summed E-state index contributed by atoms with van der Waals surface area (Å²) in [5, 5.41) is 0.241. The number of terminal acetylenes is 1. The number of carbonyl (C=O) groups excluding carboxylic acids is 1. The fourth-order valence-electron chi connectivity index (χ4n) is 1.99. The van der Waals surface area contributed by atoms with E-state index in [9.17, 15) is 14.4 Å². The number of carbonyl (C=O) groups is 1. The highest BCUT2D eigenvalue weighted by Crippen LogP contribution is 2.11. The van der Waals surface area contributed by atoms with E-state index in [0.29, 0.717) is 5.52 Å². The molecule has 0 bridgehead atoms. The smallest absolute Gasteiger partial charge is 0.337 e. The van der Waals surface area contributed by atoms with Crippen molar-refractivity contribution >= 4 is 16.9 Å². The Morgan fingerprint density at radius 2 is 2.10 bits per heavy atom. The molecule has 0 amide bonds.